The van der Waals surface area contributed by atoms with Crippen LogP contribution in [0.2, 0.25) is 0 Å². The predicted octanol–water partition coefficient (Wildman–Crippen LogP) is 0.469. The number of alkyl halides is 1. The lowest BCUT2D eigenvalue weighted by Gasteiger charge is -2.05. The van der Waals surface area contributed by atoms with Gasteiger partial charge in [-0.15, -0.1) is 0 Å². The molecule has 1 rings (SSSR count). The molecule has 0 aliphatic rings. The maximum Gasteiger partial charge on any atom is 0.264 e. The molecule has 7 heteroatoms. The average Bonchev–Trinajstić information content (AvgIpc) is 2.17. The van der Waals surface area contributed by atoms with Crippen LogP contribution in [0.5, 0.6) is 0 Å². The number of rotatable bonds is 3. The van der Waals surface area contributed by atoms with Crippen LogP contribution in [0.3, 0.4) is 0 Å². The second kappa shape index (κ2) is 4.63. The van der Waals surface area contributed by atoms with Crippen molar-refractivity contribution in [3.05, 3.63) is 24.3 Å². The Kier molecular flexibility index (Phi) is 3.70. The number of sulfonamides is 1. The molecular weight excluding hydrogens is 284 g/mol. The summed E-state index contributed by atoms with van der Waals surface area (Å²) in [4.78, 5) is 10.9. The van der Waals surface area contributed by atoms with Gasteiger partial charge < -0.3 is 5.73 Å². The average molecular weight is 293 g/mol. The number of amides is 1. The van der Waals surface area contributed by atoms with Gasteiger partial charge in [-0.1, -0.05) is 15.9 Å². The third kappa shape index (κ3) is 3.21. The molecule has 0 saturated carbocycles. The number of nitrogens with two attached hydrogens (primary N) is 1. The zero-order valence-electron chi connectivity index (χ0n) is 7.60. The predicted molar refractivity (Wildman–Crippen MR) is 60.0 cm³/mol. The molecule has 1 amide bonds. The summed E-state index contributed by atoms with van der Waals surface area (Å²) in [6, 6.07) is 5.57. The second-order valence-corrected chi connectivity index (χ2v) is 4.97. The molecule has 1 aromatic rings. The van der Waals surface area contributed by atoms with Gasteiger partial charge in [0.2, 0.25) is 5.91 Å². The molecule has 0 saturated heterocycles. The van der Waals surface area contributed by atoms with Crippen LogP contribution in [0.25, 0.3) is 0 Å². The molecule has 0 aromatic heterocycles. The molecule has 15 heavy (non-hydrogen) atoms. The van der Waals surface area contributed by atoms with Crippen LogP contribution < -0.4 is 10.5 Å². The van der Waals surface area contributed by atoms with Crippen molar-refractivity contribution >= 4 is 37.5 Å². The van der Waals surface area contributed by atoms with Crippen molar-refractivity contribution in [1.29, 1.82) is 0 Å². The molecule has 0 aliphatic carbocycles. The first-order valence-electron chi connectivity index (χ1n) is 3.93. The fraction of sp³-hybridized carbons (Fsp3) is 0.125. The molecular formula is C8H9BrN2O3S. The molecule has 82 valence electrons. The van der Waals surface area contributed by atoms with Gasteiger partial charge in [-0.3, -0.25) is 4.79 Å². The number of nitrogen functional groups attached to an aromatic ring is 1. The lowest BCUT2D eigenvalue weighted by molar-refractivity contribution is -0.116. The highest BCUT2D eigenvalue weighted by atomic mass is 79.9. The van der Waals surface area contributed by atoms with E-state index in [1.165, 1.54) is 24.3 Å². The molecule has 5 nitrogen and oxygen atoms in total. The van der Waals surface area contributed by atoms with Crippen LogP contribution in [-0.2, 0) is 14.8 Å². The van der Waals surface area contributed by atoms with Crippen molar-refractivity contribution in [3.63, 3.8) is 0 Å². The topological polar surface area (TPSA) is 89.3 Å². The van der Waals surface area contributed by atoms with Crippen LogP contribution in [0.4, 0.5) is 5.69 Å². The molecule has 0 heterocycles. The lowest BCUT2D eigenvalue weighted by Crippen LogP contribution is -2.31. The van der Waals surface area contributed by atoms with E-state index in [0.29, 0.717) is 5.69 Å². The molecule has 0 fully saturated rings. The zero-order valence-corrected chi connectivity index (χ0v) is 10.0. The summed E-state index contributed by atoms with van der Waals surface area (Å²) in [6.07, 6.45) is 0. The first-order chi connectivity index (χ1) is 6.95. The van der Waals surface area contributed by atoms with Crippen LogP contribution in [-0.4, -0.2) is 19.7 Å². The van der Waals surface area contributed by atoms with E-state index in [9.17, 15) is 13.2 Å². The third-order valence-corrected chi connectivity index (χ3v) is 3.46. The first kappa shape index (κ1) is 12.0. The highest BCUT2D eigenvalue weighted by Crippen LogP contribution is 2.11. The van der Waals surface area contributed by atoms with E-state index in [1.54, 1.807) is 0 Å². The maximum atomic E-state index is 11.5. The van der Waals surface area contributed by atoms with Gasteiger partial charge in [0.05, 0.1) is 10.2 Å². The number of carbonyl (C=O) groups is 1. The Balaban J connectivity index is 2.96. The number of anilines is 1. The minimum atomic E-state index is -3.77. The van der Waals surface area contributed by atoms with Crippen molar-refractivity contribution in [2.75, 3.05) is 11.1 Å². The molecule has 0 aliphatic heterocycles. The SMILES string of the molecule is Nc1ccc(S(=O)(=O)NC(=O)CBr)cc1. The van der Waals surface area contributed by atoms with Crippen LogP contribution in [0, 0.1) is 0 Å². The van der Waals surface area contributed by atoms with Gasteiger partial charge in [-0.2, -0.15) is 0 Å². The van der Waals surface area contributed by atoms with E-state index in [4.69, 9.17) is 5.73 Å². The number of nitrogens with one attached hydrogen (secondary N) is 1. The number of hydrogen-bond donors (Lipinski definition) is 2. The molecule has 0 spiro atoms. The highest BCUT2D eigenvalue weighted by molar-refractivity contribution is 9.09. The van der Waals surface area contributed by atoms with E-state index in [2.05, 4.69) is 15.9 Å². The van der Waals surface area contributed by atoms with E-state index < -0.39 is 15.9 Å². The largest absolute Gasteiger partial charge is 0.399 e. The summed E-state index contributed by atoms with van der Waals surface area (Å²) in [7, 11) is -3.77. The van der Waals surface area contributed by atoms with Gasteiger partial charge in [0.1, 0.15) is 0 Å². The van der Waals surface area contributed by atoms with Gasteiger partial charge >= 0.3 is 0 Å². The van der Waals surface area contributed by atoms with E-state index in [0.717, 1.165) is 0 Å². The Morgan fingerprint density at radius 3 is 2.33 bits per heavy atom. The third-order valence-electron chi connectivity index (χ3n) is 1.56. The Hall–Kier alpha value is -1.08. The molecule has 0 bridgehead atoms. The van der Waals surface area contributed by atoms with Gasteiger partial charge in [-0.05, 0) is 24.3 Å². The van der Waals surface area contributed by atoms with Crippen LogP contribution in [0.1, 0.15) is 0 Å². The fourth-order valence-electron chi connectivity index (χ4n) is 0.883. The van der Waals surface area contributed by atoms with E-state index in [-0.39, 0.29) is 10.2 Å². The normalized spacial score (nSPS) is 11.0. The van der Waals surface area contributed by atoms with Crippen LogP contribution in [0.15, 0.2) is 29.2 Å². The Bertz CT molecular complexity index is 455. The quantitative estimate of drug-likeness (QED) is 0.626. The molecule has 1 aromatic carbocycles. The van der Waals surface area contributed by atoms with Gasteiger partial charge in [0.15, 0.2) is 0 Å². The number of benzene rings is 1. The highest BCUT2D eigenvalue weighted by Gasteiger charge is 2.16. The Morgan fingerprint density at radius 1 is 1.33 bits per heavy atom. The zero-order chi connectivity index (χ0) is 11.5. The molecule has 0 radical (unpaired) electrons. The summed E-state index contributed by atoms with van der Waals surface area (Å²) >= 11 is 2.86. The van der Waals surface area contributed by atoms with Crippen LogP contribution >= 0.6 is 15.9 Å². The summed E-state index contributed by atoms with van der Waals surface area (Å²) in [5.41, 5.74) is 5.87. The number of hydrogen-bond acceptors (Lipinski definition) is 4. The van der Waals surface area contributed by atoms with Crippen molar-refractivity contribution in [3.8, 4) is 0 Å². The summed E-state index contributed by atoms with van der Waals surface area (Å²) in [6.45, 7) is 0. The molecule has 0 atom stereocenters. The summed E-state index contributed by atoms with van der Waals surface area (Å²) in [5, 5.41) is -0.0683. The van der Waals surface area contributed by atoms with Crippen molar-refractivity contribution in [2.45, 2.75) is 4.90 Å². The lowest BCUT2D eigenvalue weighted by atomic mass is 10.3. The minimum Gasteiger partial charge on any atom is -0.399 e. The second-order valence-electron chi connectivity index (χ2n) is 2.73. The van der Waals surface area contributed by atoms with Gasteiger partial charge in [0, 0.05) is 5.69 Å². The Morgan fingerprint density at radius 2 is 1.87 bits per heavy atom. The maximum absolute atomic E-state index is 11.5. The Labute approximate surface area is 95.8 Å². The smallest absolute Gasteiger partial charge is 0.264 e. The van der Waals surface area contributed by atoms with Crippen molar-refractivity contribution in [1.82, 2.24) is 4.72 Å². The van der Waals surface area contributed by atoms with E-state index in [1.807, 2.05) is 4.72 Å². The number of carbonyl (C=O) groups excluding carboxylic acids is 1. The summed E-state index contributed by atoms with van der Waals surface area (Å²) < 4.78 is 24.9. The summed E-state index contributed by atoms with van der Waals surface area (Å²) in [5.74, 6) is -0.619. The molecule has 3 N–H and O–H groups in total. The fourth-order valence-corrected chi connectivity index (χ4v) is 2.19. The molecule has 0 unspecified atom stereocenters. The minimum absolute atomic E-state index is 0.00556. The first-order valence-corrected chi connectivity index (χ1v) is 6.53. The van der Waals surface area contributed by atoms with Crippen molar-refractivity contribution < 1.29 is 13.2 Å². The van der Waals surface area contributed by atoms with Gasteiger partial charge in [-0.25, -0.2) is 13.1 Å². The van der Waals surface area contributed by atoms with E-state index >= 15 is 0 Å². The van der Waals surface area contributed by atoms with Crippen molar-refractivity contribution in [2.24, 2.45) is 0 Å². The number of halogens is 1. The monoisotopic (exact) mass is 292 g/mol. The van der Waals surface area contributed by atoms with Gasteiger partial charge in [0.25, 0.3) is 10.0 Å². The standard InChI is InChI=1S/C8H9BrN2O3S/c9-5-8(12)11-15(13,14)7-3-1-6(10)2-4-7/h1-4H,5,10H2,(H,11,12).